The molecule has 0 atom stereocenters. The second-order valence-corrected chi connectivity index (χ2v) is 8.24. The molecule has 1 aliphatic heterocycles. The van der Waals surface area contributed by atoms with Gasteiger partial charge in [0.2, 0.25) is 11.8 Å². The number of nitrogens with one attached hydrogen (secondary N) is 1. The molecule has 1 aliphatic carbocycles. The first-order valence-electron chi connectivity index (χ1n) is 10.6. The van der Waals surface area contributed by atoms with Crippen LogP contribution in [0.2, 0.25) is 0 Å². The molecule has 2 amide bonds. The molecule has 1 saturated carbocycles. The van der Waals surface area contributed by atoms with Gasteiger partial charge in [-0.2, -0.15) is 0 Å². The molecule has 0 unspecified atom stereocenters. The fraction of sp³-hybridized carbons (Fsp3) is 0.636. The molecule has 1 saturated heterocycles. The van der Waals surface area contributed by atoms with Gasteiger partial charge in [-0.25, -0.2) is 0 Å². The fourth-order valence-corrected chi connectivity index (χ4v) is 4.23. The summed E-state index contributed by atoms with van der Waals surface area (Å²) in [4.78, 5) is 31.9. The Morgan fingerprint density at radius 1 is 0.964 bits per heavy atom. The normalized spacial score (nSPS) is 23.3. The Labute approximate surface area is 168 Å². The van der Waals surface area contributed by atoms with Crippen molar-refractivity contribution in [3.05, 3.63) is 24.3 Å². The van der Waals surface area contributed by atoms with Crippen LogP contribution < -0.4 is 10.2 Å². The number of amides is 2. The quantitative estimate of drug-likeness (QED) is 0.845. The van der Waals surface area contributed by atoms with E-state index in [2.05, 4.69) is 17.1 Å². The molecular weight excluding hydrogens is 352 g/mol. The van der Waals surface area contributed by atoms with Gasteiger partial charge in [0, 0.05) is 63.5 Å². The van der Waals surface area contributed by atoms with E-state index in [-0.39, 0.29) is 17.7 Å². The highest BCUT2D eigenvalue weighted by Crippen LogP contribution is 2.31. The van der Waals surface area contributed by atoms with Crippen LogP contribution in [0.1, 0.15) is 32.6 Å². The van der Waals surface area contributed by atoms with Crippen LogP contribution in [-0.4, -0.2) is 68.4 Å². The van der Waals surface area contributed by atoms with Crippen LogP contribution in [0.15, 0.2) is 24.3 Å². The van der Waals surface area contributed by atoms with E-state index in [1.54, 1.807) is 0 Å². The summed E-state index contributed by atoms with van der Waals surface area (Å²) in [6.07, 6.45) is 3.24. The van der Waals surface area contributed by atoms with Crippen LogP contribution in [0.3, 0.4) is 0 Å². The zero-order chi connectivity index (χ0) is 20.1. The highest BCUT2D eigenvalue weighted by atomic mass is 16.2. The minimum atomic E-state index is 0.00881. The van der Waals surface area contributed by atoms with Crippen molar-refractivity contribution in [2.75, 3.05) is 57.0 Å². The molecule has 154 valence electrons. The molecule has 6 heteroatoms. The number of anilines is 2. The molecule has 0 bridgehead atoms. The molecule has 1 heterocycles. The molecule has 0 aromatic heterocycles. The average molecular weight is 387 g/mol. The van der Waals surface area contributed by atoms with Crippen LogP contribution >= 0.6 is 0 Å². The third-order valence-corrected chi connectivity index (χ3v) is 6.23. The number of piperazine rings is 1. The third-order valence-electron chi connectivity index (χ3n) is 6.23. The van der Waals surface area contributed by atoms with Crippen molar-refractivity contribution in [3.8, 4) is 0 Å². The van der Waals surface area contributed by atoms with Crippen molar-refractivity contribution in [1.82, 2.24) is 9.80 Å². The molecule has 1 aromatic carbocycles. The Bertz CT molecular complexity index is 658. The lowest BCUT2D eigenvalue weighted by atomic mass is 9.80. The second kappa shape index (κ2) is 9.41. The van der Waals surface area contributed by atoms with Crippen molar-refractivity contribution in [3.63, 3.8) is 0 Å². The highest BCUT2D eigenvalue weighted by Gasteiger charge is 2.33. The number of nitrogens with zero attached hydrogens (tertiary/aromatic N) is 3. The summed E-state index contributed by atoms with van der Waals surface area (Å²) in [5, 5.41) is 3.04. The van der Waals surface area contributed by atoms with E-state index >= 15 is 0 Å². The molecule has 1 aromatic rings. The van der Waals surface area contributed by atoms with Crippen LogP contribution in [0.25, 0.3) is 0 Å². The summed E-state index contributed by atoms with van der Waals surface area (Å²) < 4.78 is 0. The van der Waals surface area contributed by atoms with Gasteiger partial charge in [0.05, 0.1) is 0 Å². The first-order chi connectivity index (χ1) is 13.5. The minimum Gasteiger partial charge on any atom is -0.378 e. The predicted molar refractivity (Wildman–Crippen MR) is 114 cm³/mol. The predicted octanol–water partition coefficient (Wildman–Crippen LogP) is 2.66. The van der Waals surface area contributed by atoms with Crippen LogP contribution in [-0.2, 0) is 9.59 Å². The van der Waals surface area contributed by atoms with E-state index in [4.69, 9.17) is 0 Å². The SMILES string of the molecule is CCN1CCN(C(=O)C2CCC(C(=O)Nc3ccc(N(C)C)cc3)CC2)CC1. The van der Waals surface area contributed by atoms with E-state index in [0.717, 1.165) is 69.8 Å². The zero-order valence-electron chi connectivity index (χ0n) is 17.5. The van der Waals surface area contributed by atoms with Crippen molar-refractivity contribution in [1.29, 1.82) is 0 Å². The van der Waals surface area contributed by atoms with Gasteiger partial charge in [0.25, 0.3) is 0 Å². The van der Waals surface area contributed by atoms with Gasteiger partial charge in [0.1, 0.15) is 0 Å². The number of hydrogen-bond acceptors (Lipinski definition) is 4. The first-order valence-corrected chi connectivity index (χ1v) is 10.6. The van der Waals surface area contributed by atoms with Crippen LogP contribution in [0.5, 0.6) is 0 Å². The number of hydrogen-bond donors (Lipinski definition) is 1. The van der Waals surface area contributed by atoms with E-state index in [1.807, 2.05) is 48.2 Å². The molecule has 0 spiro atoms. The standard InChI is InChI=1S/C22H34N4O2/c1-4-25-13-15-26(16-14-25)22(28)18-7-5-17(6-8-18)21(27)23-19-9-11-20(12-10-19)24(2)3/h9-12,17-18H,4-8,13-16H2,1-3H3,(H,23,27). The van der Waals surface area contributed by atoms with Gasteiger partial charge >= 0.3 is 0 Å². The molecule has 0 radical (unpaired) electrons. The lowest BCUT2D eigenvalue weighted by Gasteiger charge is -2.37. The lowest BCUT2D eigenvalue weighted by molar-refractivity contribution is -0.139. The Kier molecular flexibility index (Phi) is 6.94. The monoisotopic (exact) mass is 386 g/mol. The number of rotatable bonds is 5. The molecule has 3 rings (SSSR count). The maximum Gasteiger partial charge on any atom is 0.227 e. The van der Waals surface area contributed by atoms with Crippen LogP contribution in [0.4, 0.5) is 11.4 Å². The van der Waals surface area contributed by atoms with Gasteiger partial charge in [0.15, 0.2) is 0 Å². The van der Waals surface area contributed by atoms with Crippen molar-refractivity contribution >= 4 is 23.2 Å². The Morgan fingerprint density at radius 2 is 1.54 bits per heavy atom. The Morgan fingerprint density at radius 3 is 2.07 bits per heavy atom. The van der Waals surface area contributed by atoms with E-state index in [0.29, 0.717) is 5.91 Å². The van der Waals surface area contributed by atoms with Crippen molar-refractivity contribution < 1.29 is 9.59 Å². The highest BCUT2D eigenvalue weighted by molar-refractivity contribution is 5.93. The third kappa shape index (κ3) is 5.04. The Balaban J connectivity index is 1.45. The maximum atomic E-state index is 12.8. The summed E-state index contributed by atoms with van der Waals surface area (Å²) in [6.45, 7) is 6.87. The molecular formula is C22H34N4O2. The van der Waals surface area contributed by atoms with E-state index in [1.165, 1.54) is 0 Å². The van der Waals surface area contributed by atoms with Gasteiger partial charge in [-0.15, -0.1) is 0 Å². The van der Waals surface area contributed by atoms with Crippen LogP contribution in [0, 0.1) is 11.8 Å². The maximum absolute atomic E-state index is 12.8. The summed E-state index contributed by atoms with van der Waals surface area (Å²) in [6, 6.07) is 7.89. The zero-order valence-corrected chi connectivity index (χ0v) is 17.5. The van der Waals surface area contributed by atoms with Gasteiger partial charge in [-0.3, -0.25) is 9.59 Å². The molecule has 28 heavy (non-hydrogen) atoms. The largest absolute Gasteiger partial charge is 0.378 e. The topological polar surface area (TPSA) is 55.9 Å². The summed E-state index contributed by atoms with van der Waals surface area (Å²) >= 11 is 0. The first kappa shape index (κ1) is 20.6. The smallest absolute Gasteiger partial charge is 0.227 e. The number of benzene rings is 1. The lowest BCUT2D eigenvalue weighted by Crippen LogP contribution is -2.50. The summed E-state index contributed by atoms with van der Waals surface area (Å²) in [5.74, 6) is 0.486. The molecule has 6 nitrogen and oxygen atoms in total. The van der Waals surface area contributed by atoms with Gasteiger partial charge in [-0.05, 0) is 56.5 Å². The average Bonchev–Trinajstić information content (AvgIpc) is 2.73. The summed E-state index contributed by atoms with van der Waals surface area (Å²) in [7, 11) is 3.99. The van der Waals surface area contributed by atoms with Crippen molar-refractivity contribution in [2.24, 2.45) is 11.8 Å². The molecule has 2 aliphatic rings. The Hall–Kier alpha value is -2.08. The van der Waals surface area contributed by atoms with Gasteiger partial charge in [-0.1, -0.05) is 6.92 Å². The second-order valence-electron chi connectivity index (χ2n) is 8.24. The van der Waals surface area contributed by atoms with E-state index in [9.17, 15) is 9.59 Å². The summed E-state index contributed by atoms with van der Waals surface area (Å²) in [5.41, 5.74) is 1.94. The number of carbonyl (C=O) groups excluding carboxylic acids is 2. The number of carbonyl (C=O) groups is 2. The minimum absolute atomic E-state index is 0.00881. The van der Waals surface area contributed by atoms with Crippen molar-refractivity contribution in [2.45, 2.75) is 32.6 Å². The molecule has 1 N–H and O–H groups in total. The van der Waals surface area contributed by atoms with E-state index < -0.39 is 0 Å². The fourth-order valence-electron chi connectivity index (χ4n) is 4.23. The van der Waals surface area contributed by atoms with Gasteiger partial charge < -0.3 is 20.0 Å². The molecule has 2 fully saturated rings. The number of likely N-dealkylation sites (N-methyl/N-ethyl adjacent to an activating group) is 1.